The fraction of sp³-hybridized carbons (Fsp3) is 0.429. The summed E-state index contributed by atoms with van der Waals surface area (Å²) in [6.07, 6.45) is 0. The molecule has 0 atom stereocenters. The molecule has 0 saturated heterocycles. The van der Waals surface area contributed by atoms with E-state index in [2.05, 4.69) is 18.7 Å². The number of hydrogen-bond acceptors (Lipinski definition) is 3. The molecule has 18 heavy (non-hydrogen) atoms. The molecule has 1 aliphatic heterocycles. The van der Waals surface area contributed by atoms with E-state index < -0.39 is 5.91 Å². The zero-order valence-corrected chi connectivity index (χ0v) is 10.8. The topological polar surface area (TPSA) is 40.6 Å². The van der Waals surface area contributed by atoms with E-state index in [0.717, 1.165) is 25.3 Å². The fourth-order valence-electron chi connectivity index (χ4n) is 2.25. The first-order chi connectivity index (χ1) is 8.69. The number of likely N-dealkylation sites (N-methyl/N-ethyl adjacent to an activating group) is 1. The number of Topliss-reactive ketones (excluding diaryl/α,β-unsaturated/α-hetero) is 1. The summed E-state index contributed by atoms with van der Waals surface area (Å²) in [5, 5.41) is 0. The van der Waals surface area contributed by atoms with Crippen LogP contribution in [0.15, 0.2) is 24.3 Å². The Hall–Kier alpha value is -1.68. The number of carbonyl (C=O) groups excluding carboxylic acids is 2. The highest BCUT2D eigenvalue weighted by atomic mass is 16.2. The Balaban J connectivity index is 2.14. The third-order valence-corrected chi connectivity index (χ3v) is 3.41. The molecule has 1 aliphatic rings. The van der Waals surface area contributed by atoms with Crippen LogP contribution in [0.5, 0.6) is 0 Å². The van der Waals surface area contributed by atoms with Gasteiger partial charge in [0, 0.05) is 13.1 Å². The number of benzene rings is 1. The summed E-state index contributed by atoms with van der Waals surface area (Å²) in [7, 11) is 0. The monoisotopic (exact) mass is 246 g/mol. The first-order valence-corrected chi connectivity index (χ1v) is 6.36. The highest BCUT2D eigenvalue weighted by molar-refractivity contribution is 6.52. The molecule has 4 nitrogen and oxygen atoms in total. The molecule has 0 aromatic heterocycles. The molecule has 0 bridgehead atoms. The van der Waals surface area contributed by atoms with Crippen molar-refractivity contribution in [2.24, 2.45) is 0 Å². The predicted octanol–water partition coefficient (Wildman–Crippen LogP) is 1.56. The summed E-state index contributed by atoms with van der Waals surface area (Å²) in [6, 6.07) is 7.19. The highest BCUT2D eigenvalue weighted by Crippen LogP contribution is 2.27. The second kappa shape index (κ2) is 5.31. The number of fused-ring (bicyclic) bond motifs is 1. The van der Waals surface area contributed by atoms with Crippen molar-refractivity contribution in [2.45, 2.75) is 13.8 Å². The number of ketones is 1. The van der Waals surface area contributed by atoms with E-state index in [9.17, 15) is 9.59 Å². The maximum atomic E-state index is 11.9. The van der Waals surface area contributed by atoms with Gasteiger partial charge < -0.3 is 9.80 Å². The first kappa shape index (κ1) is 12.8. The maximum absolute atomic E-state index is 11.9. The van der Waals surface area contributed by atoms with Gasteiger partial charge in [-0.25, -0.2) is 0 Å². The van der Waals surface area contributed by atoms with Crippen molar-refractivity contribution >= 4 is 17.4 Å². The number of para-hydroxylation sites is 1. The Labute approximate surface area is 107 Å². The number of rotatable bonds is 5. The Morgan fingerprint density at radius 3 is 2.44 bits per heavy atom. The third-order valence-electron chi connectivity index (χ3n) is 3.41. The normalized spacial score (nSPS) is 14.5. The zero-order chi connectivity index (χ0) is 13.1. The largest absolute Gasteiger partial charge is 0.303 e. The summed E-state index contributed by atoms with van der Waals surface area (Å²) in [5.74, 6) is -0.784. The minimum Gasteiger partial charge on any atom is -0.303 e. The fourth-order valence-corrected chi connectivity index (χ4v) is 2.25. The Morgan fingerprint density at radius 2 is 1.78 bits per heavy atom. The van der Waals surface area contributed by atoms with Crippen molar-refractivity contribution < 1.29 is 9.59 Å². The van der Waals surface area contributed by atoms with Gasteiger partial charge in [0.15, 0.2) is 0 Å². The van der Waals surface area contributed by atoms with E-state index in [4.69, 9.17) is 0 Å². The van der Waals surface area contributed by atoms with Crippen molar-refractivity contribution in [3.05, 3.63) is 29.8 Å². The van der Waals surface area contributed by atoms with Gasteiger partial charge in [0.1, 0.15) is 0 Å². The van der Waals surface area contributed by atoms with Crippen molar-refractivity contribution in [1.29, 1.82) is 0 Å². The summed E-state index contributed by atoms with van der Waals surface area (Å²) in [4.78, 5) is 27.5. The second-order valence-electron chi connectivity index (χ2n) is 4.33. The van der Waals surface area contributed by atoms with Crippen molar-refractivity contribution in [3.8, 4) is 0 Å². The Kier molecular flexibility index (Phi) is 3.77. The standard InChI is InChI=1S/C14H18N2O2/c1-3-15(4-2)9-10-16-12-8-6-5-7-11(12)13(17)14(16)18/h5-8H,3-4,9-10H2,1-2H3. The minimum atomic E-state index is -0.400. The summed E-state index contributed by atoms with van der Waals surface area (Å²) in [6.45, 7) is 7.45. The van der Waals surface area contributed by atoms with Crippen LogP contribution in [0, 0.1) is 0 Å². The van der Waals surface area contributed by atoms with Gasteiger partial charge in [0.2, 0.25) is 0 Å². The van der Waals surface area contributed by atoms with E-state index in [-0.39, 0.29) is 5.78 Å². The molecular formula is C14H18N2O2. The number of carbonyl (C=O) groups is 2. The van der Waals surface area contributed by atoms with E-state index in [1.54, 1.807) is 17.0 Å². The molecule has 1 heterocycles. The van der Waals surface area contributed by atoms with Crippen LogP contribution in [0.25, 0.3) is 0 Å². The van der Waals surface area contributed by atoms with Gasteiger partial charge in [-0.15, -0.1) is 0 Å². The molecule has 1 aromatic rings. The van der Waals surface area contributed by atoms with Gasteiger partial charge in [0.05, 0.1) is 11.3 Å². The molecule has 4 heteroatoms. The zero-order valence-electron chi connectivity index (χ0n) is 10.8. The van der Waals surface area contributed by atoms with Gasteiger partial charge in [-0.05, 0) is 25.2 Å². The second-order valence-corrected chi connectivity index (χ2v) is 4.33. The molecule has 0 fully saturated rings. The summed E-state index contributed by atoms with van der Waals surface area (Å²) < 4.78 is 0. The molecule has 96 valence electrons. The molecule has 2 rings (SSSR count). The van der Waals surface area contributed by atoms with E-state index >= 15 is 0 Å². The van der Waals surface area contributed by atoms with Crippen LogP contribution in [-0.2, 0) is 4.79 Å². The van der Waals surface area contributed by atoms with Gasteiger partial charge in [0.25, 0.3) is 11.7 Å². The van der Waals surface area contributed by atoms with Gasteiger partial charge in [-0.1, -0.05) is 26.0 Å². The minimum absolute atomic E-state index is 0.384. The number of amides is 1. The number of anilines is 1. The average molecular weight is 246 g/mol. The highest BCUT2D eigenvalue weighted by Gasteiger charge is 2.34. The van der Waals surface area contributed by atoms with Crippen molar-refractivity contribution in [3.63, 3.8) is 0 Å². The molecular weight excluding hydrogens is 228 g/mol. The van der Waals surface area contributed by atoms with Gasteiger partial charge in [-0.2, -0.15) is 0 Å². The molecule has 0 spiro atoms. The number of hydrogen-bond donors (Lipinski definition) is 0. The van der Waals surface area contributed by atoms with Gasteiger partial charge >= 0.3 is 0 Å². The molecule has 0 radical (unpaired) electrons. The molecule has 0 unspecified atom stereocenters. The van der Waals surface area contributed by atoms with E-state index in [1.165, 1.54) is 0 Å². The van der Waals surface area contributed by atoms with Crippen LogP contribution in [0.2, 0.25) is 0 Å². The van der Waals surface area contributed by atoms with Crippen LogP contribution < -0.4 is 4.90 Å². The van der Waals surface area contributed by atoms with E-state index in [0.29, 0.717) is 12.1 Å². The number of nitrogens with zero attached hydrogens (tertiary/aromatic N) is 2. The summed E-state index contributed by atoms with van der Waals surface area (Å²) >= 11 is 0. The van der Waals surface area contributed by atoms with Crippen LogP contribution in [0.1, 0.15) is 24.2 Å². The maximum Gasteiger partial charge on any atom is 0.299 e. The molecule has 1 amide bonds. The SMILES string of the molecule is CCN(CC)CCN1C(=O)C(=O)c2ccccc21. The molecule has 0 N–H and O–H groups in total. The smallest absolute Gasteiger partial charge is 0.299 e. The lowest BCUT2D eigenvalue weighted by atomic mass is 10.1. The van der Waals surface area contributed by atoms with Crippen LogP contribution in [0.4, 0.5) is 5.69 Å². The third kappa shape index (κ3) is 2.16. The Bertz CT molecular complexity index is 467. The lowest BCUT2D eigenvalue weighted by Crippen LogP contribution is -2.38. The Morgan fingerprint density at radius 1 is 1.11 bits per heavy atom. The van der Waals surface area contributed by atoms with Crippen LogP contribution >= 0.6 is 0 Å². The van der Waals surface area contributed by atoms with Crippen molar-refractivity contribution in [2.75, 3.05) is 31.1 Å². The lowest BCUT2D eigenvalue weighted by Gasteiger charge is -2.22. The molecule has 0 aliphatic carbocycles. The summed E-state index contributed by atoms with van der Waals surface area (Å²) in [5.41, 5.74) is 1.28. The molecule has 0 saturated carbocycles. The van der Waals surface area contributed by atoms with Crippen LogP contribution in [0.3, 0.4) is 0 Å². The van der Waals surface area contributed by atoms with E-state index in [1.807, 2.05) is 12.1 Å². The van der Waals surface area contributed by atoms with Gasteiger partial charge in [-0.3, -0.25) is 9.59 Å². The van der Waals surface area contributed by atoms with Crippen molar-refractivity contribution in [1.82, 2.24) is 4.90 Å². The van der Waals surface area contributed by atoms with Crippen LogP contribution in [-0.4, -0.2) is 42.8 Å². The molecule has 1 aromatic carbocycles. The average Bonchev–Trinajstić information content (AvgIpc) is 2.65. The predicted molar refractivity (Wildman–Crippen MR) is 70.9 cm³/mol. The first-order valence-electron chi connectivity index (χ1n) is 6.36. The quantitative estimate of drug-likeness (QED) is 0.740. The lowest BCUT2D eigenvalue weighted by molar-refractivity contribution is -0.114.